The third kappa shape index (κ3) is 7.17. The summed E-state index contributed by atoms with van der Waals surface area (Å²) in [5.41, 5.74) is 3.82. The van der Waals surface area contributed by atoms with E-state index in [9.17, 15) is 4.79 Å². The number of methoxy groups -OCH3 is 1. The van der Waals surface area contributed by atoms with Crippen LogP contribution in [0.2, 0.25) is 0 Å². The van der Waals surface area contributed by atoms with Gasteiger partial charge in [0, 0.05) is 68.8 Å². The molecule has 0 saturated heterocycles. The number of ether oxygens (including phenoxy) is 5. The van der Waals surface area contributed by atoms with Gasteiger partial charge in [-0.25, -0.2) is 0 Å². The molecular formula is C29H36N2O6. The third-order valence-electron chi connectivity index (χ3n) is 6.26. The molecule has 2 aliphatic heterocycles. The highest BCUT2D eigenvalue weighted by molar-refractivity contribution is 5.85. The Labute approximate surface area is 218 Å². The molecule has 2 aromatic carbocycles. The molecule has 0 spiro atoms. The van der Waals surface area contributed by atoms with E-state index in [0.29, 0.717) is 39.0 Å². The predicted molar refractivity (Wildman–Crippen MR) is 142 cm³/mol. The van der Waals surface area contributed by atoms with Crippen LogP contribution in [0.1, 0.15) is 69.2 Å². The van der Waals surface area contributed by atoms with Crippen LogP contribution in [0.3, 0.4) is 0 Å². The maximum atomic E-state index is 11.6. The van der Waals surface area contributed by atoms with E-state index in [1.54, 1.807) is 0 Å². The second kappa shape index (κ2) is 11.4. The summed E-state index contributed by atoms with van der Waals surface area (Å²) in [5, 5.41) is 0. The van der Waals surface area contributed by atoms with Crippen LogP contribution in [0.15, 0.2) is 46.4 Å². The fraction of sp³-hybridized carbons (Fsp3) is 0.483. The maximum absolute atomic E-state index is 11.6. The lowest BCUT2D eigenvalue weighted by molar-refractivity contribution is -0.180. The van der Waals surface area contributed by atoms with E-state index in [-0.39, 0.29) is 12.0 Å². The Bertz CT molecular complexity index is 1170. The Morgan fingerprint density at radius 1 is 1.00 bits per heavy atom. The number of esters is 1. The summed E-state index contributed by atoms with van der Waals surface area (Å²) in [6, 6.07) is 11.7. The number of carbonyl (C=O) groups excluding carboxylic acids is 1. The van der Waals surface area contributed by atoms with E-state index >= 15 is 0 Å². The highest BCUT2D eigenvalue weighted by Crippen LogP contribution is 2.34. The average molecular weight is 509 g/mol. The van der Waals surface area contributed by atoms with Gasteiger partial charge in [0.05, 0.1) is 32.9 Å². The highest BCUT2D eigenvalue weighted by Gasteiger charge is 2.29. The SMILES string of the molecule is COC(=O)CCCC(CN=Cc1cccc2c1OC(C)(C)OC2)N=Cc1cccc2c1COC(C)(C)O2. The first kappa shape index (κ1) is 26.8. The fourth-order valence-corrected chi connectivity index (χ4v) is 4.22. The molecule has 2 aliphatic rings. The van der Waals surface area contributed by atoms with Crippen molar-refractivity contribution in [2.45, 2.75) is 77.8 Å². The molecule has 0 saturated carbocycles. The van der Waals surface area contributed by atoms with Gasteiger partial charge in [-0.2, -0.15) is 0 Å². The van der Waals surface area contributed by atoms with Crippen LogP contribution in [0.4, 0.5) is 0 Å². The van der Waals surface area contributed by atoms with E-state index in [2.05, 4.69) is 0 Å². The molecule has 0 amide bonds. The van der Waals surface area contributed by atoms with Crippen LogP contribution in [0, 0.1) is 0 Å². The molecule has 37 heavy (non-hydrogen) atoms. The van der Waals surface area contributed by atoms with E-state index in [1.165, 1.54) is 7.11 Å². The Morgan fingerprint density at radius 3 is 2.54 bits per heavy atom. The van der Waals surface area contributed by atoms with Crippen LogP contribution >= 0.6 is 0 Å². The molecule has 1 atom stereocenters. The van der Waals surface area contributed by atoms with Gasteiger partial charge < -0.3 is 23.7 Å². The zero-order chi connectivity index (χ0) is 26.5. The minimum absolute atomic E-state index is 0.112. The van der Waals surface area contributed by atoms with E-state index < -0.39 is 11.6 Å². The van der Waals surface area contributed by atoms with E-state index in [1.807, 2.05) is 76.5 Å². The summed E-state index contributed by atoms with van der Waals surface area (Å²) in [6.45, 7) is 9.01. The molecule has 0 radical (unpaired) electrons. The smallest absolute Gasteiger partial charge is 0.305 e. The molecule has 2 heterocycles. The number of aliphatic imine (C=N–C) groups is 2. The van der Waals surface area contributed by atoms with Crippen LogP contribution in [0.25, 0.3) is 0 Å². The van der Waals surface area contributed by atoms with Gasteiger partial charge in [-0.15, -0.1) is 0 Å². The van der Waals surface area contributed by atoms with E-state index in [4.69, 9.17) is 33.7 Å². The summed E-state index contributed by atoms with van der Waals surface area (Å²) >= 11 is 0. The van der Waals surface area contributed by atoms with Crippen molar-refractivity contribution >= 4 is 18.4 Å². The Hall–Kier alpha value is -3.23. The van der Waals surface area contributed by atoms with Crippen LogP contribution in [-0.2, 0) is 32.2 Å². The predicted octanol–water partition coefficient (Wildman–Crippen LogP) is 5.23. The summed E-state index contributed by atoms with van der Waals surface area (Å²) in [5.74, 6) is 0.0384. The molecule has 2 aromatic rings. The number of carbonyl (C=O) groups is 1. The lowest BCUT2D eigenvalue weighted by Crippen LogP contribution is -2.35. The quantitative estimate of drug-likeness (QED) is 0.341. The van der Waals surface area contributed by atoms with Gasteiger partial charge in [0.25, 0.3) is 0 Å². The lowest BCUT2D eigenvalue weighted by Gasteiger charge is -2.33. The van der Waals surface area contributed by atoms with Crippen LogP contribution in [0.5, 0.6) is 11.5 Å². The summed E-state index contributed by atoms with van der Waals surface area (Å²) in [4.78, 5) is 21.2. The monoisotopic (exact) mass is 508 g/mol. The van der Waals surface area contributed by atoms with Crippen molar-refractivity contribution in [1.29, 1.82) is 0 Å². The maximum Gasteiger partial charge on any atom is 0.305 e. The number of para-hydroxylation sites is 1. The van der Waals surface area contributed by atoms with E-state index in [0.717, 1.165) is 33.8 Å². The molecule has 8 nitrogen and oxygen atoms in total. The molecule has 1 unspecified atom stereocenters. The molecule has 0 aliphatic carbocycles. The summed E-state index contributed by atoms with van der Waals surface area (Å²) in [6.07, 6.45) is 5.39. The molecule has 0 fully saturated rings. The summed E-state index contributed by atoms with van der Waals surface area (Å²) < 4.78 is 28.4. The van der Waals surface area contributed by atoms with Crippen molar-refractivity contribution in [3.63, 3.8) is 0 Å². The molecular weight excluding hydrogens is 472 g/mol. The van der Waals surface area contributed by atoms with Gasteiger partial charge in [-0.05, 0) is 25.0 Å². The third-order valence-corrected chi connectivity index (χ3v) is 6.26. The highest BCUT2D eigenvalue weighted by atomic mass is 16.7. The van der Waals surface area contributed by atoms with Gasteiger partial charge >= 0.3 is 5.97 Å². The Morgan fingerprint density at radius 2 is 1.73 bits per heavy atom. The summed E-state index contributed by atoms with van der Waals surface area (Å²) in [7, 11) is 1.40. The normalized spacial score (nSPS) is 18.5. The van der Waals surface area contributed by atoms with Crippen LogP contribution < -0.4 is 9.47 Å². The first-order valence-electron chi connectivity index (χ1n) is 12.7. The fourth-order valence-electron chi connectivity index (χ4n) is 4.22. The minimum Gasteiger partial charge on any atom is -0.469 e. The standard InChI is InChI=1S/C29H36N2O6/c1-28(2)35-19-24-20(9-7-13-25(24)36-28)16-31-23(12-8-14-26(32)33-5)17-30-15-21-10-6-11-22-18-34-29(3,4)37-27(21)22/h6-7,9-11,13,15-16,23H,8,12,14,17-19H2,1-5H3. The number of hydrogen-bond acceptors (Lipinski definition) is 8. The molecule has 0 bridgehead atoms. The second-order valence-electron chi connectivity index (χ2n) is 10.1. The van der Waals surface area contributed by atoms with Crippen molar-refractivity contribution in [2.24, 2.45) is 9.98 Å². The van der Waals surface area contributed by atoms with Crippen molar-refractivity contribution < 1.29 is 28.5 Å². The number of nitrogens with zero attached hydrogens (tertiary/aromatic N) is 2. The zero-order valence-electron chi connectivity index (χ0n) is 22.3. The van der Waals surface area contributed by atoms with Gasteiger partial charge in [-0.3, -0.25) is 14.8 Å². The molecule has 0 N–H and O–H groups in total. The van der Waals surface area contributed by atoms with Crippen molar-refractivity contribution in [1.82, 2.24) is 0 Å². The molecule has 198 valence electrons. The Balaban J connectivity index is 1.50. The number of rotatable bonds is 9. The zero-order valence-corrected chi connectivity index (χ0v) is 22.3. The van der Waals surface area contributed by atoms with Crippen molar-refractivity contribution in [3.8, 4) is 11.5 Å². The Kier molecular flexibility index (Phi) is 8.29. The first-order chi connectivity index (χ1) is 17.7. The number of fused-ring (bicyclic) bond motifs is 2. The molecule has 4 rings (SSSR count). The number of benzene rings is 2. The molecule has 0 aromatic heterocycles. The average Bonchev–Trinajstić information content (AvgIpc) is 2.85. The minimum atomic E-state index is -0.685. The second-order valence-corrected chi connectivity index (χ2v) is 10.1. The van der Waals surface area contributed by atoms with Gasteiger partial charge in [0.15, 0.2) is 0 Å². The number of hydrogen-bond donors (Lipinski definition) is 0. The van der Waals surface area contributed by atoms with Crippen molar-refractivity contribution in [3.05, 3.63) is 58.7 Å². The van der Waals surface area contributed by atoms with Crippen LogP contribution in [-0.4, -0.2) is 49.7 Å². The van der Waals surface area contributed by atoms with Crippen molar-refractivity contribution in [2.75, 3.05) is 13.7 Å². The van der Waals surface area contributed by atoms with Gasteiger partial charge in [0.1, 0.15) is 11.5 Å². The van der Waals surface area contributed by atoms with Gasteiger partial charge in [-0.1, -0.05) is 24.3 Å². The lowest BCUT2D eigenvalue weighted by atomic mass is 10.1. The topological polar surface area (TPSA) is 87.9 Å². The first-order valence-corrected chi connectivity index (χ1v) is 12.7. The molecule has 8 heteroatoms. The van der Waals surface area contributed by atoms with Gasteiger partial charge in [0.2, 0.25) is 11.6 Å². The largest absolute Gasteiger partial charge is 0.469 e.